The molecule has 0 aromatic rings. The Kier molecular flexibility index (Phi) is 5.21. The smallest absolute Gasteiger partial charge is 0.407 e. The van der Waals surface area contributed by atoms with Crippen LogP contribution in [0.25, 0.3) is 0 Å². The van der Waals surface area contributed by atoms with Crippen molar-refractivity contribution < 1.29 is 9.53 Å². The summed E-state index contributed by atoms with van der Waals surface area (Å²) in [7, 11) is 0. The number of nitrogens with two attached hydrogens (primary N) is 1. The highest BCUT2D eigenvalue weighted by atomic mass is 16.6. The van der Waals surface area contributed by atoms with Gasteiger partial charge in [0.2, 0.25) is 0 Å². The number of ether oxygens (including phenoxy) is 1. The van der Waals surface area contributed by atoms with Crippen molar-refractivity contribution in [1.29, 1.82) is 0 Å². The average molecular weight is 243 g/mol. The fourth-order valence-electron chi connectivity index (χ4n) is 2.10. The van der Waals surface area contributed by atoms with Crippen LogP contribution in [0.15, 0.2) is 0 Å². The van der Waals surface area contributed by atoms with E-state index in [0.717, 1.165) is 19.5 Å². The largest absolute Gasteiger partial charge is 0.444 e. The van der Waals surface area contributed by atoms with Gasteiger partial charge in [-0.05, 0) is 40.2 Å². The second-order valence-electron chi connectivity index (χ2n) is 5.50. The molecule has 0 unspecified atom stereocenters. The van der Waals surface area contributed by atoms with Crippen LogP contribution in [0.2, 0.25) is 0 Å². The molecule has 1 rings (SSSR count). The highest BCUT2D eigenvalue weighted by Crippen LogP contribution is 2.15. The van der Waals surface area contributed by atoms with E-state index in [1.807, 2.05) is 20.8 Å². The zero-order valence-electron chi connectivity index (χ0n) is 11.2. The van der Waals surface area contributed by atoms with Gasteiger partial charge in [-0.15, -0.1) is 0 Å². The lowest BCUT2D eigenvalue weighted by Gasteiger charge is -2.25. The fraction of sp³-hybridized carbons (Fsp3) is 0.917. The Morgan fingerprint density at radius 3 is 2.82 bits per heavy atom. The zero-order valence-corrected chi connectivity index (χ0v) is 11.2. The van der Waals surface area contributed by atoms with Crippen LogP contribution in [0.4, 0.5) is 4.79 Å². The average Bonchev–Trinajstić information content (AvgIpc) is 2.60. The molecule has 0 saturated carbocycles. The first-order valence-corrected chi connectivity index (χ1v) is 6.33. The van der Waals surface area contributed by atoms with E-state index >= 15 is 0 Å². The number of amides is 1. The van der Waals surface area contributed by atoms with E-state index in [9.17, 15) is 4.79 Å². The van der Waals surface area contributed by atoms with Crippen LogP contribution in [0.3, 0.4) is 0 Å². The van der Waals surface area contributed by atoms with E-state index in [4.69, 9.17) is 10.5 Å². The highest BCUT2D eigenvalue weighted by molar-refractivity contribution is 5.67. The molecule has 1 heterocycles. The van der Waals surface area contributed by atoms with E-state index in [0.29, 0.717) is 19.1 Å². The molecule has 1 aliphatic heterocycles. The number of carbonyl (C=O) groups excluding carboxylic acids is 1. The monoisotopic (exact) mass is 243 g/mol. The fourth-order valence-corrected chi connectivity index (χ4v) is 2.10. The Hall–Kier alpha value is -0.810. The number of nitrogens with zero attached hydrogens (tertiary/aromatic N) is 1. The topological polar surface area (TPSA) is 67.6 Å². The van der Waals surface area contributed by atoms with E-state index in [-0.39, 0.29) is 6.09 Å². The summed E-state index contributed by atoms with van der Waals surface area (Å²) in [5, 5.41) is 2.83. The number of likely N-dealkylation sites (tertiary alicyclic amines) is 1. The first-order chi connectivity index (χ1) is 7.92. The Morgan fingerprint density at radius 2 is 2.24 bits per heavy atom. The summed E-state index contributed by atoms with van der Waals surface area (Å²) in [6.45, 7) is 8.89. The number of hydrogen-bond donors (Lipinski definition) is 2. The summed E-state index contributed by atoms with van der Waals surface area (Å²) in [4.78, 5) is 13.8. The molecule has 5 nitrogen and oxygen atoms in total. The molecular weight excluding hydrogens is 218 g/mol. The Morgan fingerprint density at radius 1 is 1.53 bits per heavy atom. The molecule has 1 aliphatic rings. The second-order valence-corrected chi connectivity index (χ2v) is 5.50. The predicted octanol–water partition coefficient (Wildman–Crippen LogP) is 0.934. The van der Waals surface area contributed by atoms with E-state index in [1.165, 1.54) is 6.42 Å². The Labute approximate surface area is 104 Å². The van der Waals surface area contributed by atoms with Gasteiger partial charge in [0.1, 0.15) is 5.60 Å². The maximum atomic E-state index is 11.5. The molecule has 1 amide bonds. The SMILES string of the molecule is CC(C)(C)OC(=O)NC[C@@H]1CCCN1CCN. The van der Waals surface area contributed by atoms with Crippen molar-refractivity contribution in [2.24, 2.45) is 5.73 Å². The Balaban J connectivity index is 2.27. The van der Waals surface area contributed by atoms with Crippen molar-refractivity contribution in [2.75, 3.05) is 26.2 Å². The van der Waals surface area contributed by atoms with Crippen LogP contribution >= 0.6 is 0 Å². The van der Waals surface area contributed by atoms with Crippen molar-refractivity contribution in [3.8, 4) is 0 Å². The first-order valence-electron chi connectivity index (χ1n) is 6.33. The minimum Gasteiger partial charge on any atom is -0.444 e. The first kappa shape index (κ1) is 14.3. The van der Waals surface area contributed by atoms with Gasteiger partial charge in [0.05, 0.1) is 0 Å². The molecule has 1 fully saturated rings. The normalized spacial score (nSPS) is 21.5. The number of hydrogen-bond acceptors (Lipinski definition) is 4. The van der Waals surface area contributed by atoms with Gasteiger partial charge in [-0.3, -0.25) is 4.90 Å². The summed E-state index contributed by atoms with van der Waals surface area (Å²) < 4.78 is 5.20. The van der Waals surface area contributed by atoms with E-state index < -0.39 is 5.60 Å². The molecule has 17 heavy (non-hydrogen) atoms. The maximum Gasteiger partial charge on any atom is 0.407 e. The molecule has 5 heteroatoms. The molecule has 1 atom stereocenters. The molecular formula is C12H25N3O2. The summed E-state index contributed by atoms with van der Waals surface area (Å²) in [6.07, 6.45) is 1.97. The van der Waals surface area contributed by atoms with Crippen LogP contribution in [-0.4, -0.2) is 48.8 Å². The summed E-state index contributed by atoms with van der Waals surface area (Å²) in [5.41, 5.74) is 5.12. The van der Waals surface area contributed by atoms with Crippen molar-refractivity contribution in [2.45, 2.75) is 45.3 Å². The summed E-state index contributed by atoms with van der Waals surface area (Å²) >= 11 is 0. The Bertz CT molecular complexity index is 251. The van der Waals surface area contributed by atoms with Crippen LogP contribution in [0.5, 0.6) is 0 Å². The van der Waals surface area contributed by atoms with Gasteiger partial charge in [-0.2, -0.15) is 0 Å². The predicted molar refractivity (Wildman–Crippen MR) is 67.9 cm³/mol. The van der Waals surface area contributed by atoms with Gasteiger partial charge >= 0.3 is 6.09 Å². The van der Waals surface area contributed by atoms with Gasteiger partial charge in [-0.1, -0.05) is 0 Å². The maximum absolute atomic E-state index is 11.5. The number of rotatable bonds is 4. The van der Waals surface area contributed by atoms with E-state index in [1.54, 1.807) is 0 Å². The third-order valence-corrected chi connectivity index (χ3v) is 2.80. The third kappa shape index (κ3) is 5.37. The van der Waals surface area contributed by atoms with Gasteiger partial charge in [0, 0.05) is 25.7 Å². The summed E-state index contributed by atoms with van der Waals surface area (Å²) in [5.74, 6) is 0. The third-order valence-electron chi connectivity index (χ3n) is 2.80. The molecule has 0 aromatic carbocycles. The molecule has 100 valence electrons. The van der Waals surface area contributed by atoms with Gasteiger partial charge in [-0.25, -0.2) is 4.79 Å². The van der Waals surface area contributed by atoms with Crippen LogP contribution < -0.4 is 11.1 Å². The van der Waals surface area contributed by atoms with Gasteiger partial charge in [0.25, 0.3) is 0 Å². The molecule has 1 saturated heterocycles. The number of carbonyl (C=O) groups is 1. The van der Waals surface area contributed by atoms with Gasteiger partial charge < -0.3 is 15.8 Å². The molecule has 0 aliphatic carbocycles. The number of nitrogens with one attached hydrogen (secondary N) is 1. The van der Waals surface area contributed by atoms with Crippen LogP contribution in [-0.2, 0) is 4.74 Å². The molecule has 0 radical (unpaired) electrons. The zero-order chi connectivity index (χ0) is 12.9. The summed E-state index contributed by atoms with van der Waals surface area (Å²) in [6, 6.07) is 0.408. The van der Waals surface area contributed by atoms with Crippen molar-refractivity contribution in [3.05, 3.63) is 0 Å². The van der Waals surface area contributed by atoms with Crippen molar-refractivity contribution in [3.63, 3.8) is 0 Å². The van der Waals surface area contributed by atoms with E-state index in [2.05, 4.69) is 10.2 Å². The standard InChI is InChI=1S/C12H25N3O2/c1-12(2,3)17-11(16)14-9-10-5-4-7-15(10)8-6-13/h10H,4-9,13H2,1-3H3,(H,14,16)/t10-/m0/s1. The van der Waals surface area contributed by atoms with Crippen molar-refractivity contribution >= 4 is 6.09 Å². The van der Waals surface area contributed by atoms with Gasteiger partial charge in [0.15, 0.2) is 0 Å². The van der Waals surface area contributed by atoms with Crippen LogP contribution in [0, 0.1) is 0 Å². The quantitative estimate of drug-likeness (QED) is 0.771. The van der Waals surface area contributed by atoms with Crippen LogP contribution in [0.1, 0.15) is 33.6 Å². The number of alkyl carbamates (subject to hydrolysis) is 1. The lowest BCUT2D eigenvalue weighted by Crippen LogP contribution is -2.43. The minimum absolute atomic E-state index is 0.336. The lowest BCUT2D eigenvalue weighted by atomic mass is 10.2. The minimum atomic E-state index is -0.434. The molecule has 0 spiro atoms. The van der Waals surface area contributed by atoms with Crippen molar-refractivity contribution in [1.82, 2.24) is 10.2 Å². The molecule has 0 aromatic heterocycles. The molecule has 0 bridgehead atoms. The molecule has 3 N–H and O–H groups in total. The lowest BCUT2D eigenvalue weighted by molar-refractivity contribution is 0.0514. The second kappa shape index (κ2) is 6.21. The highest BCUT2D eigenvalue weighted by Gasteiger charge is 2.24.